The van der Waals surface area contributed by atoms with Gasteiger partial charge >= 0.3 is 0 Å². The number of rotatable bonds is 2. The van der Waals surface area contributed by atoms with Crippen LogP contribution in [-0.2, 0) is 0 Å². The van der Waals surface area contributed by atoms with Crippen LogP contribution in [0.5, 0.6) is 0 Å². The molecule has 236 valence electrons. The molecular weight excluding hydrogens is 613 g/mol. The Morgan fingerprint density at radius 3 is 1.16 bits per heavy atom. The van der Waals surface area contributed by atoms with Crippen molar-refractivity contribution in [1.29, 1.82) is 0 Å². The fraction of sp³-hybridized carbons (Fsp3) is 0.0196. The summed E-state index contributed by atoms with van der Waals surface area (Å²) in [7, 11) is 0. The number of hydrogen-bond donors (Lipinski definition) is 0. The van der Waals surface area contributed by atoms with Crippen LogP contribution in [0.15, 0.2) is 170 Å². The second-order valence-electron chi connectivity index (χ2n) is 13.9. The molecule has 0 heteroatoms. The molecule has 0 unspecified atom stereocenters. The van der Waals surface area contributed by atoms with Crippen LogP contribution >= 0.6 is 0 Å². The molecular formula is C51H32. The lowest BCUT2D eigenvalue weighted by Gasteiger charge is -2.22. The SMILES string of the molecule is C1=Cc2c(c(-c3cccc4cc5ccc6ccccc6c5cc34)c3ccccc3c2-c2cccc3cc4ccc5ccccc5c4cc23)C=CC1. The van der Waals surface area contributed by atoms with Crippen LogP contribution in [0.25, 0.3) is 110 Å². The van der Waals surface area contributed by atoms with Crippen LogP contribution in [-0.4, -0.2) is 0 Å². The zero-order valence-electron chi connectivity index (χ0n) is 28.0. The summed E-state index contributed by atoms with van der Waals surface area (Å²) in [6.07, 6.45) is 10.3. The molecule has 0 amide bonds. The summed E-state index contributed by atoms with van der Waals surface area (Å²) in [5.74, 6) is 0. The average molecular weight is 645 g/mol. The molecule has 0 saturated carbocycles. The maximum Gasteiger partial charge on any atom is -0.00202 e. The summed E-state index contributed by atoms with van der Waals surface area (Å²) in [6.45, 7) is 0. The molecule has 0 fully saturated rings. The van der Waals surface area contributed by atoms with E-state index in [0.29, 0.717) is 0 Å². The van der Waals surface area contributed by atoms with Crippen LogP contribution in [0, 0.1) is 0 Å². The number of allylic oxidation sites excluding steroid dienone is 2. The monoisotopic (exact) mass is 644 g/mol. The van der Waals surface area contributed by atoms with Crippen LogP contribution in [0.4, 0.5) is 0 Å². The lowest BCUT2D eigenvalue weighted by atomic mass is 9.81. The molecule has 0 spiro atoms. The first-order valence-corrected chi connectivity index (χ1v) is 17.9. The van der Waals surface area contributed by atoms with Crippen molar-refractivity contribution in [3.63, 3.8) is 0 Å². The Morgan fingerprint density at radius 2 is 0.667 bits per heavy atom. The molecule has 1 aliphatic carbocycles. The first-order chi connectivity index (χ1) is 25.3. The predicted molar refractivity (Wildman–Crippen MR) is 223 cm³/mol. The van der Waals surface area contributed by atoms with Gasteiger partial charge < -0.3 is 0 Å². The highest BCUT2D eigenvalue weighted by Gasteiger charge is 2.22. The minimum atomic E-state index is 0.905. The molecule has 11 rings (SSSR count). The summed E-state index contributed by atoms with van der Waals surface area (Å²) in [6, 6.07) is 58.9. The second-order valence-corrected chi connectivity index (χ2v) is 13.9. The van der Waals surface area contributed by atoms with Gasteiger partial charge in [0.05, 0.1) is 0 Å². The zero-order valence-corrected chi connectivity index (χ0v) is 28.0. The van der Waals surface area contributed by atoms with Gasteiger partial charge in [-0.3, -0.25) is 0 Å². The highest BCUT2D eigenvalue weighted by Crippen LogP contribution is 2.48. The quantitative estimate of drug-likeness (QED) is 0.130. The summed E-state index contributed by atoms with van der Waals surface area (Å²) >= 11 is 0. The van der Waals surface area contributed by atoms with Crippen molar-refractivity contribution in [3.05, 3.63) is 181 Å². The molecule has 0 aliphatic heterocycles. The van der Waals surface area contributed by atoms with Gasteiger partial charge in [-0.2, -0.15) is 0 Å². The maximum atomic E-state index is 2.44. The molecule has 0 bridgehead atoms. The van der Waals surface area contributed by atoms with E-state index >= 15 is 0 Å². The van der Waals surface area contributed by atoms with Crippen molar-refractivity contribution in [2.24, 2.45) is 0 Å². The number of benzene rings is 10. The molecule has 0 saturated heterocycles. The third-order valence-corrected chi connectivity index (χ3v) is 11.2. The van der Waals surface area contributed by atoms with Gasteiger partial charge in [-0.15, -0.1) is 0 Å². The molecule has 1 aliphatic rings. The maximum absolute atomic E-state index is 2.44. The first kappa shape index (κ1) is 28.3. The van der Waals surface area contributed by atoms with Crippen molar-refractivity contribution < 1.29 is 0 Å². The third kappa shape index (κ3) is 4.27. The Bertz CT molecular complexity index is 2940. The highest BCUT2D eigenvalue weighted by atomic mass is 14.3. The van der Waals surface area contributed by atoms with E-state index in [1.165, 1.54) is 109 Å². The lowest BCUT2D eigenvalue weighted by Crippen LogP contribution is -1.97. The predicted octanol–water partition coefficient (Wildman–Crippen LogP) is 14.5. The van der Waals surface area contributed by atoms with Crippen molar-refractivity contribution in [3.8, 4) is 22.3 Å². The van der Waals surface area contributed by atoms with Crippen LogP contribution in [0.2, 0.25) is 0 Å². The van der Waals surface area contributed by atoms with Gasteiger partial charge in [-0.25, -0.2) is 0 Å². The molecule has 0 radical (unpaired) electrons. The van der Waals surface area contributed by atoms with Gasteiger partial charge in [0.15, 0.2) is 0 Å². The van der Waals surface area contributed by atoms with Gasteiger partial charge in [-0.1, -0.05) is 158 Å². The Labute approximate surface area is 296 Å². The topological polar surface area (TPSA) is 0 Å². The van der Waals surface area contributed by atoms with Crippen LogP contribution in [0.3, 0.4) is 0 Å². The second kappa shape index (κ2) is 11.0. The van der Waals surface area contributed by atoms with Crippen molar-refractivity contribution in [2.45, 2.75) is 6.42 Å². The van der Waals surface area contributed by atoms with Crippen LogP contribution in [0.1, 0.15) is 17.5 Å². The molecule has 10 aromatic carbocycles. The van der Waals surface area contributed by atoms with E-state index in [4.69, 9.17) is 0 Å². The Morgan fingerprint density at radius 1 is 0.275 bits per heavy atom. The van der Waals surface area contributed by atoms with Crippen molar-refractivity contribution in [2.75, 3.05) is 0 Å². The van der Waals surface area contributed by atoms with Gasteiger partial charge in [0.1, 0.15) is 0 Å². The van der Waals surface area contributed by atoms with E-state index in [1.807, 2.05) is 0 Å². The number of hydrogen-bond acceptors (Lipinski definition) is 0. The molecule has 0 N–H and O–H groups in total. The van der Waals surface area contributed by atoms with Gasteiger partial charge in [0.2, 0.25) is 0 Å². The smallest absolute Gasteiger partial charge is 0.00202 e. The van der Waals surface area contributed by atoms with E-state index in [-0.39, 0.29) is 0 Å². The molecule has 10 aromatic rings. The van der Waals surface area contributed by atoms with E-state index in [1.54, 1.807) is 0 Å². The number of fused-ring (bicyclic) bond motifs is 10. The van der Waals surface area contributed by atoms with Crippen molar-refractivity contribution in [1.82, 2.24) is 0 Å². The molecule has 0 heterocycles. The minimum Gasteiger partial charge on any atom is -0.0801 e. The summed E-state index contributed by atoms with van der Waals surface area (Å²) in [5.41, 5.74) is 7.72. The first-order valence-electron chi connectivity index (χ1n) is 17.9. The fourth-order valence-corrected chi connectivity index (χ4v) is 8.85. The minimum absolute atomic E-state index is 0.905. The summed E-state index contributed by atoms with van der Waals surface area (Å²) < 4.78 is 0. The van der Waals surface area contributed by atoms with E-state index in [9.17, 15) is 0 Å². The van der Waals surface area contributed by atoms with Gasteiger partial charge in [0.25, 0.3) is 0 Å². The standard InChI is InChI=1S/C51H32/c1-2-18-40-41(19-3-1)51(45-23-11-15-35-29-37-27-25-33-13-5-7-17-39(33)47(37)31-49(35)45)43-21-9-8-20-42(43)50(40)44-22-10-14-34-28-36-26-24-32-12-4-6-16-38(32)46(36)30-48(34)44/h2-31H,1H2. The highest BCUT2D eigenvalue weighted by molar-refractivity contribution is 6.21. The van der Waals surface area contributed by atoms with Gasteiger partial charge in [0, 0.05) is 0 Å². The van der Waals surface area contributed by atoms with E-state index < -0.39 is 0 Å². The normalized spacial score (nSPS) is 12.9. The Kier molecular flexibility index (Phi) is 6.12. The molecule has 0 aromatic heterocycles. The third-order valence-electron chi connectivity index (χ3n) is 11.2. The summed E-state index contributed by atoms with van der Waals surface area (Å²) in [5, 5.41) is 17.9. The van der Waals surface area contributed by atoms with Gasteiger partial charge in [-0.05, 0) is 139 Å². The largest absolute Gasteiger partial charge is 0.0801 e. The molecule has 0 nitrogen and oxygen atoms in total. The fourth-order valence-electron chi connectivity index (χ4n) is 8.85. The Balaban J connectivity index is 1.26. The molecule has 51 heavy (non-hydrogen) atoms. The molecule has 0 atom stereocenters. The Hall–Kier alpha value is -6.50. The lowest BCUT2D eigenvalue weighted by molar-refractivity contribution is 1.44. The average Bonchev–Trinajstić information content (AvgIpc) is 3.44. The van der Waals surface area contributed by atoms with Crippen molar-refractivity contribution >= 4 is 87.6 Å². The van der Waals surface area contributed by atoms with Crippen LogP contribution < -0.4 is 0 Å². The van der Waals surface area contributed by atoms with E-state index in [2.05, 4.69) is 182 Å². The summed E-state index contributed by atoms with van der Waals surface area (Å²) in [4.78, 5) is 0. The zero-order chi connectivity index (χ0) is 33.5. The van der Waals surface area contributed by atoms with E-state index in [0.717, 1.165) is 6.42 Å².